The van der Waals surface area contributed by atoms with Gasteiger partial charge < -0.3 is 10.1 Å². The van der Waals surface area contributed by atoms with E-state index < -0.39 is 0 Å². The molecule has 0 amide bonds. The van der Waals surface area contributed by atoms with E-state index in [-0.39, 0.29) is 5.41 Å². The Balaban J connectivity index is 1.96. The van der Waals surface area contributed by atoms with Crippen molar-refractivity contribution in [1.82, 2.24) is 5.32 Å². The van der Waals surface area contributed by atoms with Crippen LogP contribution in [0.3, 0.4) is 0 Å². The molecule has 1 fully saturated rings. The summed E-state index contributed by atoms with van der Waals surface area (Å²) in [6.07, 6.45) is 1.24. The second-order valence-electron chi connectivity index (χ2n) is 5.95. The molecule has 0 saturated carbocycles. The van der Waals surface area contributed by atoms with E-state index in [0.717, 1.165) is 25.4 Å². The normalized spacial score (nSPS) is 20.5. The van der Waals surface area contributed by atoms with Gasteiger partial charge in [0.1, 0.15) is 5.75 Å². The van der Waals surface area contributed by atoms with Crippen molar-refractivity contribution in [3.05, 3.63) is 29.8 Å². The molecule has 1 aromatic carbocycles. The van der Waals surface area contributed by atoms with Crippen LogP contribution in [0, 0.1) is 5.92 Å². The summed E-state index contributed by atoms with van der Waals surface area (Å²) in [5.74, 6) is 1.68. The predicted octanol–water partition coefficient (Wildman–Crippen LogP) is 2.97. The lowest BCUT2D eigenvalue weighted by Crippen LogP contribution is -2.16. The van der Waals surface area contributed by atoms with E-state index in [1.165, 1.54) is 12.0 Å². The number of nitrogens with one attached hydrogen (secondary N) is 1. The smallest absolute Gasteiger partial charge is 0.119 e. The molecular weight excluding hydrogens is 210 g/mol. The van der Waals surface area contributed by atoms with E-state index in [2.05, 4.69) is 50.4 Å². The third-order valence-corrected chi connectivity index (χ3v) is 3.35. The van der Waals surface area contributed by atoms with E-state index >= 15 is 0 Å². The standard InChI is InChI=1S/C15H23NO/c1-15(2,3)13-5-4-6-14(9-13)17-11-12-7-8-16-10-12/h4-6,9,12,16H,7-8,10-11H2,1-3H3/t12-/m1/s1. The van der Waals surface area contributed by atoms with Gasteiger partial charge in [-0.1, -0.05) is 32.9 Å². The molecule has 0 radical (unpaired) electrons. The fourth-order valence-electron chi connectivity index (χ4n) is 2.12. The fourth-order valence-corrected chi connectivity index (χ4v) is 2.12. The molecule has 2 nitrogen and oxygen atoms in total. The van der Waals surface area contributed by atoms with Crippen LogP contribution in [-0.4, -0.2) is 19.7 Å². The molecule has 0 aliphatic carbocycles. The molecule has 1 heterocycles. The predicted molar refractivity (Wildman–Crippen MR) is 71.6 cm³/mol. The van der Waals surface area contributed by atoms with Gasteiger partial charge in [0.05, 0.1) is 6.61 Å². The number of hydrogen-bond donors (Lipinski definition) is 1. The lowest BCUT2D eigenvalue weighted by Gasteiger charge is -2.20. The summed E-state index contributed by atoms with van der Waals surface area (Å²) in [7, 11) is 0. The highest BCUT2D eigenvalue weighted by atomic mass is 16.5. The Morgan fingerprint density at radius 3 is 2.82 bits per heavy atom. The second-order valence-corrected chi connectivity index (χ2v) is 5.95. The topological polar surface area (TPSA) is 21.3 Å². The van der Waals surface area contributed by atoms with Crippen molar-refractivity contribution in [2.45, 2.75) is 32.6 Å². The maximum atomic E-state index is 5.89. The van der Waals surface area contributed by atoms with Crippen molar-refractivity contribution >= 4 is 0 Å². The van der Waals surface area contributed by atoms with Crippen LogP contribution in [0.2, 0.25) is 0 Å². The molecule has 0 unspecified atom stereocenters. The van der Waals surface area contributed by atoms with Crippen LogP contribution in [0.1, 0.15) is 32.8 Å². The minimum absolute atomic E-state index is 0.189. The fraction of sp³-hybridized carbons (Fsp3) is 0.600. The van der Waals surface area contributed by atoms with Gasteiger partial charge in [0.25, 0.3) is 0 Å². The Kier molecular flexibility index (Phi) is 3.72. The van der Waals surface area contributed by atoms with Crippen LogP contribution in [0.15, 0.2) is 24.3 Å². The van der Waals surface area contributed by atoms with Gasteiger partial charge in [-0.2, -0.15) is 0 Å². The zero-order valence-electron chi connectivity index (χ0n) is 11.1. The summed E-state index contributed by atoms with van der Waals surface area (Å²) < 4.78 is 5.89. The molecule has 0 spiro atoms. The van der Waals surface area contributed by atoms with E-state index in [0.29, 0.717) is 5.92 Å². The number of benzene rings is 1. The Bertz CT molecular complexity index is 361. The maximum absolute atomic E-state index is 5.89. The van der Waals surface area contributed by atoms with Crippen molar-refractivity contribution in [2.24, 2.45) is 5.92 Å². The minimum atomic E-state index is 0.189. The Morgan fingerprint density at radius 2 is 2.18 bits per heavy atom. The molecule has 1 atom stereocenters. The van der Waals surface area contributed by atoms with Crippen molar-refractivity contribution in [2.75, 3.05) is 19.7 Å². The lowest BCUT2D eigenvalue weighted by molar-refractivity contribution is 0.259. The number of rotatable bonds is 3. The first kappa shape index (κ1) is 12.4. The average Bonchev–Trinajstić information content (AvgIpc) is 2.78. The first-order chi connectivity index (χ1) is 8.05. The molecule has 1 saturated heterocycles. The van der Waals surface area contributed by atoms with Crippen molar-refractivity contribution < 1.29 is 4.74 Å². The van der Waals surface area contributed by atoms with Gasteiger partial charge in [-0.05, 0) is 36.1 Å². The summed E-state index contributed by atoms with van der Waals surface area (Å²) in [5, 5.41) is 3.36. The van der Waals surface area contributed by atoms with Crippen LogP contribution in [-0.2, 0) is 5.41 Å². The first-order valence-electron chi connectivity index (χ1n) is 6.50. The highest BCUT2D eigenvalue weighted by molar-refractivity contribution is 5.32. The first-order valence-corrected chi connectivity index (χ1v) is 6.50. The van der Waals surface area contributed by atoms with Crippen molar-refractivity contribution in [3.63, 3.8) is 0 Å². The number of ether oxygens (including phenoxy) is 1. The van der Waals surface area contributed by atoms with Gasteiger partial charge in [0.2, 0.25) is 0 Å². The van der Waals surface area contributed by atoms with E-state index in [9.17, 15) is 0 Å². The van der Waals surface area contributed by atoms with Gasteiger partial charge in [-0.15, -0.1) is 0 Å². The molecule has 1 aliphatic heterocycles. The monoisotopic (exact) mass is 233 g/mol. The second kappa shape index (κ2) is 5.09. The van der Waals surface area contributed by atoms with Crippen LogP contribution in [0.25, 0.3) is 0 Å². The third kappa shape index (κ3) is 3.47. The molecule has 1 aromatic rings. The minimum Gasteiger partial charge on any atom is -0.493 e. The highest BCUT2D eigenvalue weighted by Gasteiger charge is 2.16. The molecule has 2 heteroatoms. The Morgan fingerprint density at radius 1 is 1.35 bits per heavy atom. The Labute approximate surface area is 104 Å². The molecular formula is C15H23NO. The molecule has 17 heavy (non-hydrogen) atoms. The van der Waals surface area contributed by atoms with Gasteiger partial charge in [-0.25, -0.2) is 0 Å². The molecule has 2 rings (SSSR count). The summed E-state index contributed by atoms with van der Waals surface area (Å²) in [6, 6.07) is 8.48. The van der Waals surface area contributed by atoms with E-state index in [4.69, 9.17) is 4.74 Å². The van der Waals surface area contributed by atoms with Gasteiger partial charge in [-0.3, -0.25) is 0 Å². The lowest BCUT2D eigenvalue weighted by atomic mass is 9.87. The number of hydrogen-bond acceptors (Lipinski definition) is 2. The van der Waals surface area contributed by atoms with Crippen LogP contribution in [0.4, 0.5) is 0 Å². The average molecular weight is 233 g/mol. The van der Waals surface area contributed by atoms with Crippen molar-refractivity contribution in [1.29, 1.82) is 0 Å². The highest BCUT2D eigenvalue weighted by Crippen LogP contribution is 2.26. The zero-order chi connectivity index (χ0) is 12.3. The summed E-state index contributed by atoms with van der Waals surface area (Å²) in [4.78, 5) is 0. The van der Waals surface area contributed by atoms with Crippen LogP contribution < -0.4 is 10.1 Å². The third-order valence-electron chi connectivity index (χ3n) is 3.35. The zero-order valence-corrected chi connectivity index (χ0v) is 11.1. The van der Waals surface area contributed by atoms with Crippen molar-refractivity contribution in [3.8, 4) is 5.75 Å². The summed E-state index contributed by atoms with van der Waals surface area (Å²) in [5.41, 5.74) is 1.52. The molecule has 1 aliphatic rings. The Hall–Kier alpha value is -1.02. The molecule has 0 aromatic heterocycles. The SMILES string of the molecule is CC(C)(C)c1cccc(OC[C@@H]2CCNC2)c1. The molecule has 94 valence electrons. The van der Waals surface area contributed by atoms with Gasteiger partial charge in [0, 0.05) is 12.5 Å². The van der Waals surface area contributed by atoms with Crippen LogP contribution >= 0.6 is 0 Å². The molecule has 0 bridgehead atoms. The van der Waals surface area contributed by atoms with E-state index in [1.54, 1.807) is 0 Å². The largest absolute Gasteiger partial charge is 0.493 e. The summed E-state index contributed by atoms with van der Waals surface area (Å²) in [6.45, 7) is 9.75. The van der Waals surface area contributed by atoms with E-state index in [1.807, 2.05) is 0 Å². The van der Waals surface area contributed by atoms with Gasteiger partial charge in [0.15, 0.2) is 0 Å². The maximum Gasteiger partial charge on any atom is 0.119 e. The van der Waals surface area contributed by atoms with Gasteiger partial charge >= 0.3 is 0 Å². The molecule has 1 N–H and O–H groups in total. The van der Waals surface area contributed by atoms with Crippen LogP contribution in [0.5, 0.6) is 5.75 Å². The quantitative estimate of drug-likeness (QED) is 0.866. The summed E-state index contributed by atoms with van der Waals surface area (Å²) >= 11 is 0.